The second-order valence-corrected chi connectivity index (χ2v) is 5.50. The molecule has 0 radical (unpaired) electrons. The van der Waals surface area contributed by atoms with Gasteiger partial charge in [0.2, 0.25) is 0 Å². The lowest BCUT2D eigenvalue weighted by Gasteiger charge is -2.04. The van der Waals surface area contributed by atoms with Crippen LogP contribution >= 0.6 is 0 Å². The van der Waals surface area contributed by atoms with Crippen molar-refractivity contribution in [3.63, 3.8) is 0 Å². The Balaban J connectivity index is 1.84. The summed E-state index contributed by atoms with van der Waals surface area (Å²) in [4.78, 5) is 4.55. The molecule has 0 unspecified atom stereocenters. The van der Waals surface area contributed by atoms with Crippen LogP contribution in [0.4, 0.5) is 0 Å². The van der Waals surface area contributed by atoms with E-state index >= 15 is 0 Å². The van der Waals surface area contributed by atoms with Crippen molar-refractivity contribution in [2.24, 2.45) is 7.05 Å². The van der Waals surface area contributed by atoms with Crippen LogP contribution in [0.5, 0.6) is 0 Å². The zero-order valence-electron chi connectivity index (χ0n) is 12.4. The zero-order chi connectivity index (χ0) is 14.9. The molecule has 0 spiro atoms. The summed E-state index contributed by atoms with van der Waals surface area (Å²) in [6.45, 7) is 0. The van der Waals surface area contributed by atoms with Gasteiger partial charge in [-0.15, -0.1) is 0 Å². The van der Waals surface area contributed by atoms with Gasteiger partial charge < -0.3 is 4.57 Å². The van der Waals surface area contributed by atoms with Crippen LogP contribution in [0.25, 0.3) is 33.8 Å². The molecule has 0 atom stereocenters. The van der Waals surface area contributed by atoms with Gasteiger partial charge in [-0.25, -0.2) is 0 Å². The number of benzene rings is 2. The summed E-state index contributed by atoms with van der Waals surface area (Å²) in [7, 11) is 2.09. The number of rotatable bonds is 2. The number of nitrogens with zero attached hydrogens (tertiary/aromatic N) is 2. The number of hydrogen-bond acceptors (Lipinski definition) is 1. The van der Waals surface area contributed by atoms with Gasteiger partial charge in [0.15, 0.2) is 0 Å². The summed E-state index contributed by atoms with van der Waals surface area (Å²) >= 11 is 0. The molecule has 106 valence electrons. The Kier molecular flexibility index (Phi) is 3.01. The molecule has 0 bridgehead atoms. The van der Waals surface area contributed by atoms with E-state index in [0.717, 1.165) is 5.69 Å². The molecule has 0 fully saturated rings. The van der Waals surface area contributed by atoms with Crippen LogP contribution in [0.3, 0.4) is 0 Å². The minimum atomic E-state index is 0.977. The fourth-order valence-electron chi connectivity index (χ4n) is 2.87. The molecular formula is C20H16N2. The molecule has 0 aliphatic heterocycles. The summed E-state index contributed by atoms with van der Waals surface area (Å²) in [6.07, 6.45) is 8.21. The number of aryl methyl sites for hydroxylation is 1. The molecule has 0 amide bonds. The summed E-state index contributed by atoms with van der Waals surface area (Å²) in [5.74, 6) is 0. The number of aromatic nitrogens is 2. The van der Waals surface area contributed by atoms with Gasteiger partial charge in [-0.2, -0.15) is 0 Å². The molecule has 0 saturated heterocycles. The summed E-state index contributed by atoms with van der Waals surface area (Å²) < 4.78 is 2.17. The molecule has 2 heteroatoms. The first-order valence-electron chi connectivity index (χ1n) is 7.38. The van der Waals surface area contributed by atoms with E-state index in [9.17, 15) is 0 Å². The van der Waals surface area contributed by atoms with E-state index in [1.165, 1.54) is 27.2 Å². The van der Waals surface area contributed by atoms with Gasteiger partial charge in [0.1, 0.15) is 0 Å². The predicted molar refractivity (Wildman–Crippen MR) is 93.6 cm³/mol. The second kappa shape index (κ2) is 5.15. The first-order valence-corrected chi connectivity index (χ1v) is 7.38. The van der Waals surface area contributed by atoms with Gasteiger partial charge in [0.25, 0.3) is 0 Å². The van der Waals surface area contributed by atoms with Crippen LogP contribution in [0, 0.1) is 0 Å². The van der Waals surface area contributed by atoms with Gasteiger partial charge in [0, 0.05) is 35.6 Å². The first kappa shape index (κ1) is 12.8. The minimum Gasteiger partial charge on any atom is -0.350 e. The third-order valence-electron chi connectivity index (χ3n) is 4.00. The summed E-state index contributed by atoms with van der Waals surface area (Å²) in [5, 5.41) is 3.68. The van der Waals surface area contributed by atoms with Gasteiger partial charge >= 0.3 is 0 Å². The maximum Gasteiger partial charge on any atom is 0.0637 e. The minimum absolute atomic E-state index is 0.977. The largest absolute Gasteiger partial charge is 0.350 e. The quantitative estimate of drug-likeness (QED) is 0.512. The van der Waals surface area contributed by atoms with E-state index in [0.29, 0.717) is 0 Å². The van der Waals surface area contributed by atoms with E-state index in [4.69, 9.17) is 0 Å². The number of pyridine rings is 1. The Hall–Kier alpha value is -2.87. The van der Waals surface area contributed by atoms with Gasteiger partial charge in [-0.1, -0.05) is 48.5 Å². The fraction of sp³-hybridized carbons (Fsp3) is 0.0500. The lowest BCUT2D eigenvalue weighted by Crippen LogP contribution is -1.88. The zero-order valence-corrected chi connectivity index (χ0v) is 12.4. The topological polar surface area (TPSA) is 17.8 Å². The van der Waals surface area contributed by atoms with Crippen molar-refractivity contribution < 1.29 is 0 Å². The second-order valence-electron chi connectivity index (χ2n) is 5.50. The monoisotopic (exact) mass is 284 g/mol. The SMILES string of the molecule is Cn1ccc2ccc3cnc(/C=C/c4ccccc4)cc3c21. The lowest BCUT2D eigenvalue weighted by molar-refractivity contribution is 0.973. The molecule has 0 aliphatic rings. The smallest absolute Gasteiger partial charge is 0.0637 e. The van der Waals surface area contributed by atoms with E-state index in [1.54, 1.807) is 0 Å². The molecule has 2 nitrogen and oxygen atoms in total. The highest BCUT2D eigenvalue weighted by molar-refractivity contribution is 6.06. The molecule has 22 heavy (non-hydrogen) atoms. The van der Waals surface area contributed by atoms with Crippen LogP contribution in [0.15, 0.2) is 67.0 Å². The molecule has 0 N–H and O–H groups in total. The first-order chi connectivity index (χ1) is 10.8. The van der Waals surface area contributed by atoms with Crippen molar-refractivity contribution in [1.29, 1.82) is 0 Å². The predicted octanol–water partition coefficient (Wildman–Crippen LogP) is 4.90. The van der Waals surface area contributed by atoms with Gasteiger partial charge in [-0.05, 0) is 23.8 Å². The third kappa shape index (κ3) is 2.19. The summed E-state index contributed by atoms with van der Waals surface area (Å²) in [5.41, 5.74) is 3.42. The number of hydrogen-bond donors (Lipinski definition) is 0. The highest BCUT2D eigenvalue weighted by Crippen LogP contribution is 2.26. The Morgan fingerprint density at radius 3 is 2.59 bits per heavy atom. The normalized spacial score (nSPS) is 11.7. The molecule has 2 aromatic carbocycles. The van der Waals surface area contributed by atoms with Crippen molar-refractivity contribution in [1.82, 2.24) is 9.55 Å². The highest BCUT2D eigenvalue weighted by atomic mass is 14.9. The Morgan fingerprint density at radius 1 is 0.909 bits per heavy atom. The molecular weight excluding hydrogens is 268 g/mol. The molecule has 4 rings (SSSR count). The van der Waals surface area contributed by atoms with Crippen molar-refractivity contribution in [2.45, 2.75) is 0 Å². The van der Waals surface area contributed by atoms with Crippen LogP contribution < -0.4 is 0 Å². The molecule has 4 aromatic rings. The fourth-order valence-corrected chi connectivity index (χ4v) is 2.87. The number of fused-ring (bicyclic) bond motifs is 3. The van der Waals surface area contributed by atoms with E-state index in [-0.39, 0.29) is 0 Å². The van der Waals surface area contributed by atoms with Gasteiger partial charge in [-0.3, -0.25) is 4.98 Å². The molecule has 2 aromatic heterocycles. The average Bonchev–Trinajstić information content (AvgIpc) is 2.95. The maximum absolute atomic E-state index is 4.55. The maximum atomic E-state index is 4.55. The van der Waals surface area contributed by atoms with Crippen LogP contribution in [0.1, 0.15) is 11.3 Å². The van der Waals surface area contributed by atoms with Crippen LogP contribution in [0.2, 0.25) is 0 Å². The lowest BCUT2D eigenvalue weighted by atomic mass is 10.1. The third-order valence-corrected chi connectivity index (χ3v) is 4.00. The van der Waals surface area contributed by atoms with E-state index in [2.05, 4.69) is 71.3 Å². The van der Waals surface area contributed by atoms with Crippen LogP contribution in [-0.4, -0.2) is 9.55 Å². The van der Waals surface area contributed by atoms with Crippen molar-refractivity contribution >= 4 is 33.8 Å². The van der Waals surface area contributed by atoms with E-state index in [1.807, 2.05) is 24.4 Å². The standard InChI is InChI=1S/C20H16N2/c1-22-12-11-16-8-9-17-14-21-18(13-19(17)20(16)22)10-7-15-5-3-2-4-6-15/h2-14H,1H3/b10-7+. The van der Waals surface area contributed by atoms with Gasteiger partial charge in [0.05, 0.1) is 11.2 Å². The molecule has 0 saturated carbocycles. The Labute approximate surface area is 129 Å². The highest BCUT2D eigenvalue weighted by Gasteiger charge is 2.04. The van der Waals surface area contributed by atoms with Crippen molar-refractivity contribution in [3.05, 3.63) is 78.2 Å². The van der Waals surface area contributed by atoms with Crippen LogP contribution in [-0.2, 0) is 7.05 Å². The average molecular weight is 284 g/mol. The van der Waals surface area contributed by atoms with Crippen molar-refractivity contribution in [2.75, 3.05) is 0 Å². The Bertz CT molecular complexity index is 979. The van der Waals surface area contributed by atoms with Crippen molar-refractivity contribution in [3.8, 4) is 0 Å². The molecule has 2 heterocycles. The summed E-state index contributed by atoms with van der Waals surface area (Å²) in [6, 6.07) is 18.9. The Morgan fingerprint density at radius 2 is 1.73 bits per heavy atom. The van der Waals surface area contributed by atoms with E-state index < -0.39 is 0 Å². The molecule has 0 aliphatic carbocycles.